The second-order valence-electron chi connectivity index (χ2n) is 3.65. The van der Waals surface area contributed by atoms with Crippen LogP contribution < -0.4 is 0 Å². The highest BCUT2D eigenvalue weighted by Crippen LogP contribution is 2.08. The Morgan fingerprint density at radius 3 is 1.76 bits per heavy atom. The van der Waals surface area contributed by atoms with Gasteiger partial charge in [-0.25, -0.2) is 0 Å². The molecule has 0 atom stereocenters. The summed E-state index contributed by atoms with van der Waals surface area (Å²) in [5.74, 6) is 0. The third-order valence-corrected chi connectivity index (χ3v) is 2.35. The van der Waals surface area contributed by atoms with E-state index in [9.17, 15) is 0 Å². The number of hydrogen-bond donors (Lipinski definition) is 0. The van der Waals surface area contributed by atoms with Gasteiger partial charge in [-0.3, -0.25) is 0 Å². The quantitative estimate of drug-likeness (QED) is 0.705. The van der Waals surface area contributed by atoms with Gasteiger partial charge in [-0.2, -0.15) is 0 Å². The summed E-state index contributed by atoms with van der Waals surface area (Å²) >= 11 is 0. The molecule has 0 spiro atoms. The molecule has 0 heterocycles. The van der Waals surface area contributed by atoms with Gasteiger partial charge in [0.15, 0.2) is 0 Å². The highest BCUT2D eigenvalue weighted by atomic mass is 16.1. The Morgan fingerprint density at radius 2 is 1.24 bits per heavy atom. The van der Waals surface area contributed by atoms with Gasteiger partial charge in [0.2, 0.25) is 0 Å². The average Bonchev–Trinajstić information content (AvgIpc) is 2.42. The Balaban J connectivity index is 0.000000686. The van der Waals surface area contributed by atoms with E-state index in [0.717, 1.165) is 0 Å². The first-order valence-corrected chi connectivity index (χ1v) is 5.43. The van der Waals surface area contributed by atoms with Gasteiger partial charge in [-0.05, 0) is 18.1 Å². The molecule has 0 aromatic heterocycles. The van der Waals surface area contributed by atoms with Crippen molar-refractivity contribution in [1.29, 1.82) is 0 Å². The van der Waals surface area contributed by atoms with E-state index in [-0.39, 0.29) is 0 Å². The van der Waals surface area contributed by atoms with Gasteiger partial charge in [0.25, 0.3) is 0 Å². The minimum absolute atomic E-state index is 1.23. The number of benzene rings is 2. The monoisotopic (exact) mass is 224 g/mol. The van der Waals surface area contributed by atoms with E-state index in [1.54, 1.807) is 0 Å². The fourth-order valence-electron chi connectivity index (χ4n) is 1.43. The molecular weight excluding hydrogens is 208 g/mol. The van der Waals surface area contributed by atoms with Gasteiger partial charge in [0.1, 0.15) is 6.79 Å². The van der Waals surface area contributed by atoms with Crippen LogP contribution in [0.1, 0.15) is 16.7 Å². The lowest BCUT2D eigenvalue weighted by Crippen LogP contribution is -1.74. The van der Waals surface area contributed by atoms with E-state index < -0.39 is 0 Å². The zero-order chi connectivity index (χ0) is 12.5. The minimum atomic E-state index is 1.23. The molecule has 1 nitrogen and oxygen atoms in total. The molecule has 86 valence electrons. The van der Waals surface area contributed by atoms with Crippen molar-refractivity contribution in [2.24, 2.45) is 0 Å². The fraction of sp³-hybridized carbons (Fsp3) is 0.0625. The Hall–Kier alpha value is -2.15. The Labute approximate surface area is 102 Å². The summed E-state index contributed by atoms with van der Waals surface area (Å²) in [5, 5.41) is 0. The molecule has 1 heteroatoms. The zero-order valence-electron chi connectivity index (χ0n) is 9.97. The number of rotatable bonds is 2. The van der Waals surface area contributed by atoms with Crippen LogP contribution in [0.15, 0.2) is 54.6 Å². The van der Waals surface area contributed by atoms with Crippen LogP contribution in [-0.2, 0) is 4.79 Å². The summed E-state index contributed by atoms with van der Waals surface area (Å²) in [6.45, 7) is 4.10. The molecule has 0 fully saturated rings. The van der Waals surface area contributed by atoms with Gasteiger partial charge in [0.05, 0.1) is 0 Å². The molecule has 0 unspecified atom stereocenters. The van der Waals surface area contributed by atoms with E-state index in [2.05, 4.69) is 67.6 Å². The van der Waals surface area contributed by atoms with Crippen LogP contribution in [0.2, 0.25) is 0 Å². The number of hydrogen-bond acceptors (Lipinski definition) is 1. The number of carbonyl (C=O) groups is 1. The SMILES string of the molecule is C=O.Cc1ccc(/C=C/c2ccccc2)cc1. The Bertz CT molecular complexity index is 455. The number of carbonyl (C=O) groups excluding carboxylic acids is 1. The largest absolute Gasteiger partial charge is 0.307 e. The van der Waals surface area contributed by atoms with Crippen molar-refractivity contribution in [2.75, 3.05) is 0 Å². The van der Waals surface area contributed by atoms with Crippen LogP contribution in [0.5, 0.6) is 0 Å². The van der Waals surface area contributed by atoms with E-state index in [4.69, 9.17) is 4.79 Å². The van der Waals surface area contributed by atoms with Crippen LogP contribution in [-0.4, -0.2) is 6.79 Å². The summed E-state index contributed by atoms with van der Waals surface area (Å²) in [6, 6.07) is 18.9. The summed E-state index contributed by atoms with van der Waals surface area (Å²) in [7, 11) is 0. The molecule has 0 aliphatic rings. The molecule has 2 aromatic carbocycles. The summed E-state index contributed by atoms with van der Waals surface area (Å²) in [6.07, 6.45) is 4.26. The maximum Gasteiger partial charge on any atom is 0.106 e. The molecule has 2 rings (SSSR count). The standard InChI is InChI=1S/C15H14.CH2O/c1-13-7-9-15(10-8-13)12-11-14-5-3-2-4-6-14;1-2/h2-12H,1H3;1H2/b12-11+;. The average molecular weight is 224 g/mol. The normalized spacial score (nSPS) is 9.71. The van der Waals surface area contributed by atoms with E-state index in [0.29, 0.717) is 0 Å². The Kier molecular flexibility index (Phi) is 5.45. The second-order valence-corrected chi connectivity index (χ2v) is 3.65. The lowest BCUT2D eigenvalue weighted by atomic mass is 10.1. The van der Waals surface area contributed by atoms with E-state index in [1.807, 2.05) is 12.9 Å². The molecule has 0 aliphatic carbocycles. The first kappa shape index (κ1) is 12.9. The van der Waals surface area contributed by atoms with Gasteiger partial charge < -0.3 is 4.79 Å². The topological polar surface area (TPSA) is 17.1 Å². The van der Waals surface area contributed by atoms with Crippen LogP contribution in [0.4, 0.5) is 0 Å². The molecule has 0 saturated carbocycles. The van der Waals surface area contributed by atoms with Crippen molar-refractivity contribution >= 4 is 18.9 Å². The van der Waals surface area contributed by atoms with E-state index >= 15 is 0 Å². The van der Waals surface area contributed by atoms with Crippen molar-refractivity contribution in [2.45, 2.75) is 6.92 Å². The third kappa shape index (κ3) is 4.47. The lowest BCUT2D eigenvalue weighted by Gasteiger charge is -1.95. The van der Waals surface area contributed by atoms with Gasteiger partial charge in [-0.15, -0.1) is 0 Å². The second kappa shape index (κ2) is 7.18. The predicted molar refractivity (Wildman–Crippen MR) is 73.7 cm³/mol. The summed E-state index contributed by atoms with van der Waals surface area (Å²) in [5.41, 5.74) is 3.77. The highest BCUT2D eigenvalue weighted by molar-refractivity contribution is 5.69. The highest BCUT2D eigenvalue weighted by Gasteiger charge is 1.87. The van der Waals surface area contributed by atoms with Crippen molar-refractivity contribution in [3.8, 4) is 0 Å². The Morgan fingerprint density at radius 1 is 0.765 bits per heavy atom. The van der Waals surface area contributed by atoms with Crippen molar-refractivity contribution in [3.63, 3.8) is 0 Å². The van der Waals surface area contributed by atoms with Crippen molar-refractivity contribution in [3.05, 3.63) is 71.3 Å². The van der Waals surface area contributed by atoms with Crippen LogP contribution in [0.3, 0.4) is 0 Å². The first-order valence-electron chi connectivity index (χ1n) is 5.43. The molecule has 0 aliphatic heterocycles. The van der Waals surface area contributed by atoms with Crippen molar-refractivity contribution < 1.29 is 4.79 Å². The molecule has 0 saturated heterocycles. The minimum Gasteiger partial charge on any atom is -0.307 e. The van der Waals surface area contributed by atoms with Crippen LogP contribution in [0, 0.1) is 6.92 Å². The fourth-order valence-corrected chi connectivity index (χ4v) is 1.43. The smallest absolute Gasteiger partial charge is 0.106 e. The first-order chi connectivity index (χ1) is 8.34. The molecule has 0 N–H and O–H groups in total. The van der Waals surface area contributed by atoms with Crippen LogP contribution >= 0.6 is 0 Å². The van der Waals surface area contributed by atoms with Crippen molar-refractivity contribution in [1.82, 2.24) is 0 Å². The maximum absolute atomic E-state index is 8.00. The molecule has 2 aromatic rings. The van der Waals surface area contributed by atoms with Gasteiger partial charge >= 0.3 is 0 Å². The molecule has 0 bridgehead atoms. The molecule has 17 heavy (non-hydrogen) atoms. The molecular formula is C16H16O. The van der Waals surface area contributed by atoms with Gasteiger partial charge in [-0.1, -0.05) is 72.3 Å². The third-order valence-electron chi connectivity index (χ3n) is 2.35. The predicted octanol–water partition coefficient (Wildman–Crippen LogP) is 3.98. The van der Waals surface area contributed by atoms with E-state index in [1.165, 1.54) is 16.7 Å². The zero-order valence-corrected chi connectivity index (χ0v) is 9.97. The number of aryl methyl sites for hydroxylation is 1. The van der Waals surface area contributed by atoms with Crippen LogP contribution in [0.25, 0.3) is 12.2 Å². The van der Waals surface area contributed by atoms with Gasteiger partial charge in [0, 0.05) is 0 Å². The molecule has 0 amide bonds. The molecule has 0 radical (unpaired) electrons. The summed E-state index contributed by atoms with van der Waals surface area (Å²) < 4.78 is 0. The summed E-state index contributed by atoms with van der Waals surface area (Å²) in [4.78, 5) is 8.00. The maximum atomic E-state index is 8.00. The lowest BCUT2D eigenvalue weighted by molar-refractivity contribution is -0.0979.